The van der Waals surface area contributed by atoms with Crippen LogP contribution in [0.1, 0.15) is 65.7 Å². The summed E-state index contributed by atoms with van der Waals surface area (Å²) in [4.78, 5) is 12.6. The standard InChI is InChI=1S/C20H30O3/c1-17(2)14-4-5-19-7-11-8-20(23,10-19)12(11)6-15(19)18(14,3)9-13(21)16(17)22/h11-12,14-16,22-23H,4-10H2,1-3H3. The van der Waals surface area contributed by atoms with E-state index in [0.29, 0.717) is 24.2 Å². The van der Waals surface area contributed by atoms with Crippen LogP contribution in [-0.4, -0.2) is 27.7 Å². The summed E-state index contributed by atoms with van der Waals surface area (Å²) in [5.41, 5.74) is -0.408. The predicted octanol–water partition coefficient (Wildman–Crippen LogP) is 2.93. The van der Waals surface area contributed by atoms with Crippen molar-refractivity contribution in [2.75, 3.05) is 0 Å². The van der Waals surface area contributed by atoms with E-state index in [0.717, 1.165) is 31.6 Å². The molecule has 1 spiro atoms. The first-order valence-corrected chi connectivity index (χ1v) is 9.56. The lowest BCUT2D eigenvalue weighted by atomic mass is 9.30. The van der Waals surface area contributed by atoms with Crippen molar-refractivity contribution in [1.82, 2.24) is 0 Å². The van der Waals surface area contributed by atoms with E-state index in [2.05, 4.69) is 20.8 Å². The van der Waals surface area contributed by atoms with Gasteiger partial charge in [0.05, 0.1) is 5.60 Å². The number of ketones is 1. The maximum Gasteiger partial charge on any atom is 0.162 e. The molecular weight excluding hydrogens is 288 g/mol. The predicted molar refractivity (Wildman–Crippen MR) is 86.6 cm³/mol. The summed E-state index contributed by atoms with van der Waals surface area (Å²) in [5, 5.41) is 21.4. The van der Waals surface area contributed by atoms with Gasteiger partial charge >= 0.3 is 0 Å². The van der Waals surface area contributed by atoms with Crippen molar-refractivity contribution in [2.24, 2.45) is 39.9 Å². The van der Waals surface area contributed by atoms with Crippen LogP contribution in [0.4, 0.5) is 0 Å². The first kappa shape index (κ1) is 14.9. The fourth-order valence-electron chi connectivity index (χ4n) is 8.71. The third kappa shape index (κ3) is 1.49. The number of hydrogen-bond acceptors (Lipinski definition) is 3. The minimum absolute atomic E-state index is 0.0138. The van der Waals surface area contributed by atoms with Gasteiger partial charge in [-0.05, 0) is 73.0 Å². The van der Waals surface area contributed by atoms with Gasteiger partial charge in [0.15, 0.2) is 5.78 Å². The third-order valence-corrected chi connectivity index (χ3v) is 9.42. The zero-order valence-corrected chi connectivity index (χ0v) is 14.6. The lowest BCUT2D eigenvalue weighted by Crippen LogP contribution is -2.73. The van der Waals surface area contributed by atoms with Gasteiger partial charge in [-0.3, -0.25) is 4.79 Å². The molecule has 0 aromatic carbocycles. The molecule has 128 valence electrons. The van der Waals surface area contributed by atoms with Crippen molar-refractivity contribution in [3.8, 4) is 0 Å². The lowest BCUT2D eigenvalue weighted by Gasteiger charge is -2.76. The Morgan fingerprint density at radius 2 is 1.87 bits per heavy atom. The molecule has 3 nitrogen and oxygen atoms in total. The average Bonchev–Trinajstić information content (AvgIpc) is 2.43. The van der Waals surface area contributed by atoms with Gasteiger partial charge in [-0.1, -0.05) is 20.8 Å². The Morgan fingerprint density at radius 1 is 1.13 bits per heavy atom. The zero-order valence-electron chi connectivity index (χ0n) is 14.6. The number of aliphatic hydroxyl groups excluding tert-OH is 1. The van der Waals surface area contributed by atoms with E-state index >= 15 is 0 Å². The highest BCUT2D eigenvalue weighted by Crippen LogP contribution is 2.77. The zero-order chi connectivity index (χ0) is 16.4. The maximum atomic E-state index is 12.6. The maximum absolute atomic E-state index is 12.6. The topological polar surface area (TPSA) is 57.5 Å². The normalized spacial score (nSPS) is 62.3. The number of Topliss-reactive ketones (excluding diaryl/α,β-unsaturated/α-hetero) is 1. The molecule has 0 aliphatic heterocycles. The van der Waals surface area contributed by atoms with Crippen molar-refractivity contribution >= 4 is 5.78 Å². The van der Waals surface area contributed by atoms with E-state index in [1.165, 1.54) is 12.8 Å². The number of aliphatic hydroxyl groups is 2. The highest BCUT2D eigenvalue weighted by Gasteiger charge is 2.74. The Bertz CT molecular complexity index is 598. The first-order chi connectivity index (χ1) is 10.6. The summed E-state index contributed by atoms with van der Waals surface area (Å²) in [6.07, 6.45) is 6.45. The van der Waals surface area contributed by atoms with Gasteiger partial charge in [-0.2, -0.15) is 0 Å². The van der Waals surface area contributed by atoms with Crippen LogP contribution in [0.5, 0.6) is 0 Å². The molecule has 8 unspecified atom stereocenters. The Morgan fingerprint density at radius 3 is 2.57 bits per heavy atom. The smallest absolute Gasteiger partial charge is 0.162 e. The Hall–Kier alpha value is -0.410. The number of fused-ring (bicyclic) bond motifs is 1. The monoisotopic (exact) mass is 318 g/mol. The minimum Gasteiger partial charge on any atom is -0.390 e. The minimum atomic E-state index is -0.798. The van der Waals surface area contributed by atoms with E-state index < -0.39 is 6.10 Å². The summed E-state index contributed by atoms with van der Waals surface area (Å²) in [6.45, 7) is 6.54. The van der Waals surface area contributed by atoms with Crippen LogP contribution in [0.3, 0.4) is 0 Å². The second-order valence-corrected chi connectivity index (χ2v) is 10.7. The molecule has 7 rings (SSSR count). The number of hydrogen-bond donors (Lipinski definition) is 2. The fraction of sp³-hybridized carbons (Fsp3) is 0.950. The first-order valence-electron chi connectivity index (χ1n) is 9.56. The van der Waals surface area contributed by atoms with Gasteiger partial charge in [0.25, 0.3) is 0 Å². The molecule has 8 atom stereocenters. The molecule has 0 amide bonds. The van der Waals surface area contributed by atoms with E-state index in [-0.39, 0.29) is 27.6 Å². The van der Waals surface area contributed by atoms with Crippen molar-refractivity contribution in [2.45, 2.75) is 77.4 Å². The molecule has 0 aromatic heterocycles. The van der Waals surface area contributed by atoms with Crippen molar-refractivity contribution in [1.29, 1.82) is 0 Å². The number of carbonyl (C=O) groups excluding carboxylic acids is 1. The van der Waals surface area contributed by atoms with Crippen LogP contribution < -0.4 is 0 Å². The highest BCUT2D eigenvalue weighted by molar-refractivity contribution is 5.85. The van der Waals surface area contributed by atoms with Crippen molar-refractivity contribution in [3.05, 3.63) is 0 Å². The van der Waals surface area contributed by atoms with Gasteiger partial charge in [0.2, 0.25) is 0 Å². The highest BCUT2D eigenvalue weighted by atomic mass is 16.3. The molecule has 3 heteroatoms. The Kier molecular flexibility index (Phi) is 2.51. The molecular formula is C20H30O3. The third-order valence-electron chi connectivity index (χ3n) is 9.42. The fourth-order valence-corrected chi connectivity index (χ4v) is 8.71. The number of rotatable bonds is 0. The Balaban J connectivity index is 1.58. The molecule has 23 heavy (non-hydrogen) atoms. The molecule has 2 N–H and O–H groups in total. The molecule has 7 aliphatic carbocycles. The van der Waals surface area contributed by atoms with Crippen molar-refractivity contribution < 1.29 is 15.0 Å². The summed E-state index contributed by atoms with van der Waals surface area (Å²) in [7, 11) is 0. The Labute approximate surface area is 138 Å². The second-order valence-electron chi connectivity index (χ2n) is 10.7. The summed E-state index contributed by atoms with van der Waals surface area (Å²) >= 11 is 0. The van der Waals surface area contributed by atoms with Crippen LogP contribution in [0.25, 0.3) is 0 Å². The van der Waals surface area contributed by atoms with E-state index in [1.807, 2.05) is 0 Å². The molecule has 0 saturated heterocycles. The molecule has 0 radical (unpaired) electrons. The molecule has 4 bridgehead atoms. The second kappa shape index (κ2) is 3.88. The largest absolute Gasteiger partial charge is 0.390 e. The van der Waals surface area contributed by atoms with E-state index in [9.17, 15) is 15.0 Å². The SMILES string of the molecule is CC1(C)C(O)C(=O)CC2(C)C3CC4C5CC4(O)CC3(CCC12)C5. The quantitative estimate of drug-likeness (QED) is 0.722. The van der Waals surface area contributed by atoms with E-state index in [1.54, 1.807) is 0 Å². The van der Waals surface area contributed by atoms with Crippen LogP contribution in [0, 0.1) is 39.9 Å². The summed E-state index contributed by atoms with van der Waals surface area (Å²) in [5.74, 6) is 2.25. The molecule has 7 saturated carbocycles. The number of carbonyl (C=O) groups is 1. The summed E-state index contributed by atoms with van der Waals surface area (Å²) in [6, 6.07) is 0. The van der Waals surface area contributed by atoms with Crippen LogP contribution in [-0.2, 0) is 4.79 Å². The van der Waals surface area contributed by atoms with Gasteiger partial charge in [-0.15, -0.1) is 0 Å². The van der Waals surface area contributed by atoms with Crippen LogP contribution in [0.2, 0.25) is 0 Å². The van der Waals surface area contributed by atoms with Gasteiger partial charge in [0.1, 0.15) is 6.10 Å². The molecule has 0 aromatic rings. The van der Waals surface area contributed by atoms with Gasteiger partial charge in [0, 0.05) is 11.8 Å². The van der Waals surface area contributed by atoms with Crippen molar-refractivity contribution in [3.63, 3.8) is 0 Å². The van der Waals surface area contributed by atoms with Gasteiger partial charge in [-0.25, -0.2) is 0 Å². The molecule has 0 heterocycles. The van der Waals surface area contributed by atoms with Crippen LogP contribution >= 0.6 is 0 Å². The molecule has 7 aliphatic rings. The average molecular weight is 318 g/mol. The van der Waals surface area contributed by atoms with Crippen LogP contribution in [0.15, 0.2) is 0 Å². The summed E-state index contributed by atoms with van der Waals surface area (Å²) < 4.78 is 0. The molecule has 7 fully saturated rings. The van der Waals surface area contributed by atoms with E-state index in [4.69, 9.17) is 0 Å². The lowest BCUT2D eigenvalue weighted by molar-refractivity contribution is -0.306. The van der Waals surface area contributed by atoms with Gasteiger partial charge < -0.3 is 10.2 Å².